The zero-order chi connectivity index (χ0) is 16.1. The van der Waals surface area contributed by atoms with Crippen molar-refractivity contribution in [2.24, 2.45) is 4.99 Å². The van der Waals surface area contributed by atoms with E-state index in [2.05, 4.69) is 11.9 Å². The lowest BCUT2D eigenvalue weighted by Gasteiger charge is -2.44. The molecule has 0 radical (unpaired) electrons. The van der Waals surface area contributed by atoms with Gasteiger partial charge in [0.25, 0.3) is 0 Å². The summed E-state index contributed by atoms with van der Waals surface area (Å²) in [6.45, 7) is 2.89. The molecule has 6 nitrogen and oxygen atoms in total. The van der Waals surface area contributed by atoms with Gasteiger partial charge in [-0.05, 0) is 6.42 Å². The Morgan fingerprint density at radius 2 is 1.68 bits per heavy atom. The van der Waals surface area contributed by atoms with Crippen LogP contribution >= 0.6 is 11.8 Å². The van der Waals surface area contributed by atoms with E-state index >= 15 is 0 Å². The minimum atomic E-state index is -1.37. The summed E-state index contributed by atoms with van der Waals surface area (Å²) in [6, 6.07) is -0.387. The summed E-state index contributed by atoms with van der Waals surface area (Å²) in [5, 5.41) is 40.3. The van der Waals surface area contributed by atoms with Crippen LogP contribution in [0, 0.1) is 0 Å². The molecule has 2 rings (SSSR count). The third-order valence-corrected chi connectivity index (χ3v) is 5.51. The van der Waals surface area contributed by atoms with Crippen molar-refractivity contribution in [3.05, 3.63) is 0 Å². The number of aliphatic hydroxyl groups excluding tert-OH is 4. The molecule has 0 spiro atoms. The van der Waals surface area contributed by atoms with Gasteiger partial charge in [0.15, 0.2) is 11.4 Å². The minimum absolute atomic E-state index is 0.387. The first-order chi connectivity index (χ1) is 10.6. The fourth-order valence-electron chi connectivity index (χ4n) is 2.99. The predicted octanol–water partition coefficient (Wildman–Crippen LogP) is 0.535. The normalized spacial score (nSPS) is 36.9. The lowest BCUT2D eigenvalue weighted by molar-refractivity contribution is -0.190. The Balaban J connectivity index is 1.84. The Morgan fingerprint density at radius 3 is 2.41 bits per heavy atom. The van der Waals surface area contributed by atoms with Crippen molar-refractivity contribution in [3.63, 3.8) is 0 Å². The number of rotatable bonds is 7. The van der Waals surface area contributed by atoms with Crippen molar-refractivity contribution in [2.45, 2.75) is 76.0 Å². The molecule has 22 heavy (non-hydrogen) atoms. The molecule has 2 saturated heterocycles. The predicted molar refractivity (Wildman–Crippen MR) is 87.8 cm³/mol. The molecule has 0 bridgehead atoms. The molecule has 0 unspecified atom stereocenters. The van der Waals surface area contributed by atoms with Crippen LogP contribution < -0.4 is 0 Å². The highest BCUT2D eigenvalue weighted by Crippen LogP contribution is 2.34. The van der Waals surface area contributed by atoms with Crippen LogP contribution in [-0.2, 0) is 0 Å². The topological polar surface area (TPSA) is 96.5 Å². The van der Waals surface area contributed by atoms with E-state index in [9.17, 15) is 20.4 Å². The molecule has 2 heterocycles. The first-order valence-corrected chi connectivity index (χ1v) is 9.24. The highest BCUT2D eigenvalue weighted by Gasteiger charge is 2.51. The van der Waals surface area contributed by atoms with E-state index in [0.29, 0.717) is 17.5 Å². The number of piperidine rings is 1. The second-order valence-electron chi connectivity index (χ2n) is 6.10. The first-order valence-electron chi connectivity index (χ1n) is 8.25. The van der Waals surface area contributed by atoms with E-state index in [0.717, 1.165) is 12.8 Å². The van der Waals surface area contributed by atoms with Crippen molar-refractivity contribution >= 4 is 16.9 Å². The van der Waals surface area contributed by atoms with Crippen molar-refractivity contribution in [3.8, 4) is 0 Å². The van der Waals surface area contributed by atoms with Crippen LogP contribution in [0.25, 0.3) is 0 Å². The molecule has 0 saturated carbocycles. The van der Waals surface area contributed by atoms with E-state index in [4.69, 9.17) is 0 Å². The molecule has 2 aliphatic heterocycles. The van der Waals surface area contributed by atoms with E-state index in [1.165, 1.54) is 37.4 Å². The molecule has 7 heteroatoms. The maximum Gasteiger partial charge on any atom is 0.161 e. The molecule has 5 atom stereocenters. The molecule has 0 amide bonds. The van der Waals surface area contributed by atoms with Gasteiger partial charge in [-0.3, -0.25) is 4.99 Å². The second kappa shape index (κ2) is 8.49. The smallest absolute Gasteiger partial charge is 0.161 e. The van der Waals surface area contributed by atoms with Gasteiger partial charge in [-0.15, -0.1) is 0 Å². The summed E-state index contributed by atoms with van der Waals surface area (Å²) >= 11 is 1.46. The highest BCUT2D eigenvalue weighted by molar-refractivity contribution is 8.14. The SMILES string of the molecule is CCCCCCCC/N=C1/SC[C@@H]2[C@H](O)[C@H](O)[C@@H](O)[C@@H](O)N12. The third-order valence-electron chi connectivity index (χ3n) is 4.40. The zero-order valence-electron chi connectivity index (χ0n) is 13.1. The molecule has 4 N–H and O–H groups in total. The van der Waals surface area contributed by atoms with Gasteiger partial charge in [0.1, 0.15) is 18.3 Å². The Bertz CT molecular complexity index is 383. The molecular formula is C15H28N2O4S. The summed E-state index contributed by atoms with van der Waals surface area (Å²) in [4.78, 5) is 6.07. The number of unbranched alkanes of at least 4 members (excludes halogenated alkanes) is 5. The second-order valence-corrected chi connectivity index (χ2v) is 7.09. The van der Waals surface area contributed by atoms with Gasteiger partial charge in [-0.2, -0.15) is 0 Å². The molecular weight excluding hydrogens is 304 g/mol. The number of thioether (sulfide) groups is 1. The molecule has 2 aliphatic rings. The zero-order valence-corrected chi connectivity index (χ0v) is 14.0. The molecule has 128 valence electrons. The summed E-state index contributed by atoms with van der Waals surface area (Å²) in [5.41, 5.74) is 0. The molecule has 0 aromatic carbocycles. The largest absolute Gasteiger partial charge is 0.388 e. The van der Waals surface area contributed by atoms with Crippen molar-refractivity contribution in [2.75, 3.05) is 12.3 Å². The number of aliphatic imine (C=N–C) groups is 1. The van der Waals surface area contributed by atoms with Crippen LogP contribution in [0.15, 0.2) is 4.99 Å². The maximum absolute atomic E-state index is 10.1. The molecule has 0 aromatic heterocycles. The summed E-state index contributed by atoms with van der Waals surface area (Å²) in [5.74, 6) is 0.567. The lowest BCUT2D eigenvalue weighted by Crippen LogP contribution is -2.65. The van der Waals surface area contributed by atoms with Crippen molar-refractivity contribution in [1.82, 2.24) is 4.90 Å². The van der Waals surface area contributed by atoms with Crippen LogP contribution in [0.1, 0.15) is 45.4 Å². The maximum atomic E-state index is 10.1. The first kappa shape index (κ1) is 18.0. The van der Waals surface area contributed by atoms with E-state index < -0.39 is 24.5 Å². The fraction of sp³-hybridized carbons (Fsp3) is 0.933. The summed E-state index contributed by atoms with van der Waals surface area (Å²) < 4.78 is 0. The van der Waals surface area contributed by atoms with Crippen LogP contribution in [0.4, 0.5) is 0 Å². The Kier molecular flexibility index (Phi) is 6.95. The van der Waals surface area contributed by atoms with Crippen LogP contribution in [0.5, 0.6) is 0 Å². The molecule has 0 aliphatic carbocycles. The fourth-order valence-corrected chi connectivity index (χ4v) is 4.25. The number of aliphatic hydroxyl groups is 4. The Morgan fingerprint density at radius 1 is 1.00 bits per heavy atom. The highest BCUT2D eigenvalue weighted by atomic mass is 32.2. The van der Waals surface area contributed by atoms with Gasteiger partial charge in [-0.1, -0.05) is 50.8 Å². The van der Waals surface area contributed by atoms with Crippen LogP contribution in [-0.4, -0.2) is 73.4 Å². The average molecular weight is 332 g/mol. The molecule has 0 aromatic rings. The lowest BCUT2D eigenvalue weighted by atomic mass is 9.94. The monoisotopic (exact) mass is 332 g/mol. The average Bonchev–Trinajstić information content (AvgIpc) is 2.94. The standard InChI is InChI=1S/C15H28N2O4S/c1-2-3-4-5-6-7-8-16-15-17-10(9-22-15)11(18)12(19)13(20)14(17)21/h10-14,18-21H,2-9H2,1H3/b16-15+/t10-,11+,12+,13-,14-/m1/s1. The van der Waals surface area contributed by atoms with Gasteiger partial charge in [0.2, 0.25) is 0 Å². The number of fused-ring (bicyclic) bond motifs is 1. The van der Waals surface area contributed by atoms with E-state index in [1.807, 2.05) is 0 Å². The van der Waals surface area contributed by atoms with Crippen LogP contribution in [0.2, 0.25) is 0 Å². The number of hydrogen-bond donors (Lipinski definition) is 4. The molecule has 2 fully saturated rings. The van der Waals surface area contributed by atoms with E-state index in [-0.39, 0.29) is 6.04 Å². The number of nitrogens with zero attached hydrogens (tertiary/aromatic N) is 2. The number of amidine groups is 1. The number of hydrogen-bond acceptors (Lipinski definition) is 6. The van der Waals surface area contributed by atoms with E-state index in [1.54, 1.807) is 4.90 Å². The Labute approximate surface area is 136 Å². The minimum Gasteiger partial charge on any atom is -0.388 e. The van der Waals surface area contributed by atoms with Crippen LogP contribution in [0.3, 0.4) is 0 Å². The van der Waals surface area contributed by atoms with Gasteiger partial charge < -0.3 is 25.3 Å². The summed E-state index contributed by atoms with van der Waals surface area (Å²) in [6.07, 6.45) is 2.23. The third kappa shape index (κ3) is 3.94. The van der Waals surface area contributed by atoms with Gasteiger partial charge in [0, 0.05) is 12.3 Å². The quantitative estimate of drug-likeness (QED) is 0.508. The Hall–Kier alpha value is -0.340. The van der Waals surface area contributed by atoms with Gasteiger partial charge in [0.05, 0.1) is 6.04 Å². The van der Waals surface area contributed by atoms with Gasteiger partial charge >= 0.3 is 0 Å². The van der Waals surface area contributed by atoms with Gasteiger partial charge in [-0.25, -0.2) is 0 Å². The van der Waals surface area contributed by atoms with Crippen molar-refractivity contribution in [1.29, 1.82) is 0 Å². The summed E-state index contributed by atoms with van der Waals surface area (Å²) in [7, 11) is 0. The van der Waals surface area contributed by atoms with Crippen molar-refractivity contribution < 1.29 is 20.4 Å².